The number of hydrogen-bond acceptors (Lipinski definition) is 6. The summed E-state index contributed by atoms with van der Waals surface area (Å²) in [5.41, 5.74) is 0. The quantitative estimate of drug-likeness (QED) is 0.0367. The second kappa shape index (κ2) is 38.2. The van der Waals surface area contributed by atoms with Gasteiger partial charge in [-0.3, -0.25) is 14.4 Å². The van der Waals surface area contributed by atoms with E-state index in [-0.39, 0.29) is 31.1 Å². The number of rotatable bonds is 38. The monoisotopic (exact) mass is 681 g/mol. The molecule has 0 aliphatic rings. The number of hydrogen-bond donors (Lipinski definition) is 0. The molecule has 6 heteroatoms. The molecule has 0 heterocycles. The summed E-state index contributed by atoms with van der Waals surface area (Å²) in [6, 6.07) is 0. The van der Waals surface area contributed by atoms with Gasteiger partial charge in [0.15, 0.2) is 6.10 Å². The second-order valence-electron chi connectivity index (χ2n) is 14.3. The lowest BCUT2D eigenvalue weighted by molar-refractivity contribution is -0.167. The molecule has 0 rings (SSSR count). The first kappa shape index (κ1) is 46.4. The minimum Gasteiger partial charge on any atom is -0.462 e. The summed E-state index contributed by atoms with van der Waals surface area (Å²) in [6.45, 7) is 6.60. The van der Waals surface area contributed by atoms with Crippen LogP contribution in [0.3, 0.4) is 0 Å². The Balaban J connectivity index is 4.33. The largest absolute Gasteiger partial charge is 0.462 e. The van der Waals surface area contributed by atoms with E-state index in [2.05, 4.69) is 20.8 Å². The number of carbonyl (C=O) groups excluding carboxylic acids is 3. The Kier molecular flexibility index (Phi) is 36.9. The SMILES string of the molecule is CCCCCCCCCCCCCC(=O)OC[C@@H](COC(=O)CCCCCCCCCCC)OC(=O)CCCCCCCCCCCC. The van der Waals surface area contributed by atoms with Crippen molar-refractivity contribution in [2.24, 2.45) is 0 Å². The van der Waals surface area contributed by atoms with Crippen molar-refractivity contribution in [2.75, 3.05) is 13.2 Å². The number of unbranched alkanes of at least 4 members (excludes halogenated alkanes) is 27. The van der Waals surface area contributed by atoms with Gasteiger partial charge in [-0.15, -0.1) is 0 Å². The zero-order valence-corrected chi connectivity index (χ0v) is 32.3. The molecule has 48 heavy (non-hydrogen) atoms. The molecule has 6 nitrogen and oxygen atoms in total. The lowest BCUT2D eigenvalue weighted by atomic mass is 10.1. The molecule has 0 saturated carbocycles. The standard InChI is InChI=1S/C42H80O6/c1-4-7-10-13-16-19-21-24-26-29-32-35-41(44)47-38-39(37-46-40(43)34-31-28-25-22-18-15-12-9-6-3)48-42(45)36-33-30-27-23-20-17-14-11-8-5-2/h39H,4-38H2,1-3H3/t39-/m1/s1. The van der Waals surface area contributed by atoms with E-state index in [1.165, 1.54) is 135 Å². The second-order valence-corrected chi connectivity index (χ2v) is 14.3. The first-order valence-electron chi connectivity index (χ1n) is 21.0. The summed E-state index contributed by atoms with van der Waals surface area (Å²) >= 11 is 0. The smallest absolute Gasteiger partial charge is 0.306 e. The molecular formula is C42H80O6. The van der Waals surface area contributed by atoms with E-state index < -0.39 is 6.10 Å². The Hall–Kier alpha value is -1.59. The maximum atomic E-state index is 12.6. The van der Waals surface area contributed by atoms with Crippen molar-refractivity contribution in [1.82, 2.24) is 0 Å². The van der Waals surface area contributed by atoms with Crippen LogP contribution in [0, 0.1) is 0 Å². The van der Waals surface area contributed by atoms with Gasteiger partial charge in [-0.1, -0.05) is 194 Å². The average Bonchev–Trinajstić information content (AvgIpc) is 3.08. The molecule has 0 aromatic heterocycles. The summed E-state index contributed by atoms with van der Waals surface area (Å²) in [4.78, 5) is 37.5. The topological polar surface area (TPSA) is 78.9 Å². The predicted molar refractivity (Wildman–Crippen MR) is 201 cm³/mol. The van der Waals surface area contributed by atoms with Gasteiger partial charge in [-0.05, 0) is 19.3 Å². The highest BCUT2D eigenvalue weighted by atomic mass is 16.6. The van der Waals surface area contributed by atoms with Gasteiger partial charge in [-0.2, -0.15) is 0 Å². The highest BCUT2D eigenvalue weighted by Gasteiger charge is 2.19. The molecule has 0 radical (unpaired) electrons. The minimum absolute atomic E-state index is 0.0635. The minimum atomic E-state index is -0.756. The highest BCUT2D eigenvalue weighted by molar-refractivity contribution is 5.71. The third kappa shape index (κ3) is 35.7. The van der Waals surface area contributed by atoms with E-state index in [1.807, 2.05) is 0 Å². The first-order valence-corrected chi connectivity index (χ1v) is 21.0. The summed E-state index contributed by atoms with van der Waals surface area (Å²) in [5, 5.41) is 0. The van der Waals surface area contributed by atoms with Gasteiger partial charge in [0.25, 0.3) is 0 Å². The maximum absolute atomic E-state index is 12.6. The Morgan fingerprint density at radius 3 is 0.833 bits per heavy atom. The molecule has 0 bridgehead atoms. The number of ether oxygens (including phenoxy) is 3. The maximum Gasteiger partial charge on any atom is 0.306 e. The summed E-state index contributed by atoms with van der Waals surface area (Å²) in [7, 11) is 0. The third-order valence-electron chi connectivity index (χ3n) is 9.36. The molecule has 0 spiro atoms. The summed E-state index contributed by atoms with van der Waals surface area (Å²) < 4.78 is 16.6. The van der Waals surface area contributed by atoms with Crippen LogP contribution in [0.1, 0.15) is 233 Å². The average molecular weight is 681 g/mol. The van der Waals surface area contributed by atoms with Gasteiger partial charge in [0.1, 0.15) is 13.2 Å². The van der Waals surface area contributed by atoms with E-state index in [4.69, 9.17) is 14.2 Å². The first-order chi connectivity index (χ1) is 23.5. The van der Waals surface area contributed by atoms with Gasteiger partial charge >= 0.3 is 17.9 Å². The molecule has 0 aromatic rings. The van der Waals surface area contributed by atoms with Gasteiger partial charge in [0.2, 0.25) is 0 Å². The van der Waals surface area contributed by atoms with Crippen molar-refractivity contribution in [3.8, 4) is 0 Å². The van der Waals surface area contributed by atoms with E-state index in [0.717, 1.165) is 57.8 Å². The van der Waals surface area contributed by atoms with Crippen LogP contribution in [0.15, 0.2) is 0 Å². The van der Waals surface area contributed by atoms with Crippen LogP contribution < -0.4 is 0 Å². The van der Waals surface area contributed by atoms with E-state index in [0.29, 0.717) is 19.3 Å². The molecule has 284 valence electrons. The molecule has 0 fully saturated rings. The van der Waals surface area contributed by atoms with Crippen LogP contribution in [-0.4, -0.2) is 37.2 Å². The van der Waals surface area contributed by atoms with Crippen LogP contribution >= 0.6 is 0 Å². The third-order valence-corrected chi connectivity index (χ3v) is 9.36. The fourth-order valence-corrected chi connectivity index (χ4v) is 6.15. The van der Waals surface area contributed by atoms with Crippen molar-refractivity contribution in [3.05, 3.63) is 0 Å². The highest BCUT2D eigenvalue weighted by Crippen LogP contribution is 2.15. The Morgan fingerprint density at radius 2 is 0.562 bits per heavy atom. The molecule has 0 aromatic carbocycles. The number of esters is 3. The van der Waals surface area contributed by atoms with Gasteiger partial charge in [0.05, 0.1) is 0 Å². The van der Waals surface area contributed by atoms with Gasteiger partial charge < -0.3 is 14.2 Å². The van der Waals surface area contributed by atoms with Crippen LogP contribution in [-0.2, 0) is 28.6 Å². The normalized spacial score (nSPS) is 11.8. The molecule has 0 saturated heterocycles. The van der Waals surface area contributed by atoms with Crippen molar-refractivity contribution in [2.45, 2.75) is 239 Å². The zero-order valence-electron chi connectivity index (χ0n) is 32.3. The van der Waals surface area contributed by atoms with E-state index in [1.54, 1.807) is 0 Å². The van der Waals surface area contributed by atoms with E-state index >= 15 is 0 Å². The Morgan fingerprint density at radius 1 is 0.333 bits per heavy atom. The molecule has 0 N–H and O–H groups in total. The fraction of sp³-hybridized carbons (Fsp3) is 0.929. The Bertz CT molecular complexity index is 708. The van der Waals surface area contributed by atoms with Crippen LogP contribution in [0.4, 0.5) is 0 Å². The van der Waals surface area contributed by atoms with Crippen LogP contribution in [0.5, 0.6) is 0 Å². The molecule has 0 aliphatic heterocycles. The molecule has 0 unspecified atom stereocenters. The van der Waals surface area contributed by atoms with Crippen LogP contribution in [0.25, 0.3) is 0 Å². The lowest BCUT2D eigenvalue weighted by Crippen LogP contribution is -2.30. The Labute approximate surface area is 298 Å². The fourth-order valence-electron chi connectivity index (χ4n) is 6.15. The summed E-state index contributed by atoms with van der Waals surface area (Å²) in [5.74, 6) is -0.861. The van der Waals surface area contributed by atoms with Gasteiger partial charge in [-0.25, -0.2) is 0 Å². The van der Waals surface area contributed by atoms with E-state index in [9.17, 15) is 14.4 Å². The summed E-state index contributed by atoms with van der Waals surface area (Å²) in [6.07, 6.45) is 36.5. The zero-order chi connectivity index (χ0) is 35.2. The van der Waals surface area contributed by atoms with Crippen molar-refractivity contribution >= 4 is 17.9 Å². The lowest BCUT2D eigenvalue weighted by Gasteiger charge is -2.18. The van der Waals surface area contributed by atoms with Gasteiger partial charge in [0, 0.05) is 19.3 Å². The predicted octanol–water partition coefficient (Wildman–Crippen LogP) is 12.9. The van der Waals surface area contributed by atoms with Crippen LogP contribution in [0.2, 0.25) is 0 Å². The van der Waals surface area contributed by atoms with Crippen molar-refractivity contribution < 1.29 is 28.6 Å². The molecule has 1 atom stereocenters. The molecule has 0 aliphatic carbocycles. The molecular weight excluding hydrogens is 600 g/mol. The van der Waals surface area contributed by atoms with Crippen molar-refractivity contribution in [1.29, 1.82) is 0 Å². The number of carbonyl (C=O) groups is 3. The molecule has 0 amide bonds. The van der Waals surface area contributed by atoms with Crippen molar-refractivity contribution in [3.63, 3.8) is 0 Å².